The largest absolute Gasteiger partial charge is 0.379 e. The summed E-state index contributed by atoms with van der Waals surface area (Å²) < 4.78 is 23.7. The van der Waals surface area contributed by atoms with Gasteiger partial charge >= 0.3 is 0 Å². The van der Waals surface area contributed by atoms with Gasteiger partial charge in [-0.15, -0.1) is 0 Å². The Balaban J connectivity index is 4.24. The molecule has 0 spiro atoms. The first-order chi connectivity index (χ1) is 12.3. The highest BCUT2D eigenvalue weighted by Crippen LogP contribution is 2.13. The van der Waals surface area contributed by atoms with Crippen LogP contribution >= 0.6 is 0 Å². The molecule has 152 valence electrons. The van der Waals surface area contributed by atoms with E-state index in [4.69, 9.17) is 18.9 Å². The summed E-state index contributed by atoms with van der Waals surface area (Å²) in [6, 6.07) is 0. The molecule has 0 radical (unpaired) electrons. The summed E-state index contributed by atoms with van der Waals surface area (Å²) in [4.78, 5) is 0. The Morgan fingerprint density at radius 3 is 1.56 bits per heavy atom. The number of hydrogen-bond donors (Lipinski definition) is 0. The fourth-order valence-corrected chi connectivity index (χ4v) is 2.33. The molecule has 0 aromatic carbocycles. The Bertz CT molecular complexity index is 238. The summed E-state index contributed by atoms with van der Waals surface area (Å²) in [5.41, 5.74) is 0. The molecule has 0 fully saturated rings. The molecular weight excluding hydrogens is 316 g/mol. The Kier molecular flexibility index (Phi) is 20.0. The fraction of sp³-hybridized carbons (Fsp3) is 1.00. The van der Waals surface area contributed by atoms with E-state index in [1.807, 2.05) is 0 Å². The molecule has 4 nitrogen and oxygen atoms in total. The predicted molar refractivity (Wildman–Crippen MR) is 105 cm³/mol. The van der Waals surface area contributed by atoms with Crippen LogP contribution in [0.3, 0.4) is 0 Å². The lowest BCUT2D eigenvalue weighted by atomic mass is 10.2. The maximum atomic E-state index is 6.03. The van der Waals surface area contributed by atoms with Crippen LogP contribution in [0, 0.1) is 0 Å². The number of hydrogen-bond acceptors (Lipinski definition) is 4. The smallest absolute Gasteiger partial charge is 0.157 e. The molecule has 0 saturated heterocycles. The Morgan fingerprint density at radius 1 is 0.560 bits per heavy atom. The van der Waals surface area contributed by atoms with Crippen LogP contribution in [0.2, 0.25) is 0 Å². The molecule has 1 atom stereocenters. The second-order valence-electron chi connectivity index (χ2n) is 6.73. The zero-order valence-corrected chi connectivity index (χ0v) is 17.4. The van der Waals surface area contributed by atoms with Gasteiger partial charge in [-0.3, -0.25) is 0 Å². The highest BCUT2D eigenvalue weighted by atomic mass is 16.7. The molecule has 0 rings (SSSR count). The van der Waals surface area contributed by atoms with E-state index in [-0.39, 0.29) is 12.4 Å². The zero-order valence-electron chi connectivity index (χ0n) is 17.4. The van der Waals surface area contributed by atoms with E-state index >= 15 is 0 Å². The van der Waals surface area contributed by atoms with Crippen molar-refractivity contribution >= 4 is 0 Å². The Morgan fingerprint density at radius 2 is 1.04 bits per heavy atom. The first-order valence-corrected chi connectivity index (χ1v) is 10.7. The SMILES string of the molecule is CCCCOCC(CCC(OCCCC)OCCCC)OCCCC. The predicted octanol–water partition coefficient (Wildman–Crippen LogP) is 5.73. The number of rotatable bonds is 20. The minimum absolute atomic E-state index is 0.106. The molecule has 0 aliphatic heterocycles. The lowest BCUT2D eigenvalue weighted by Gasteiger charge is -2.23. The third kappa shape index (κ3) is 17.0. The van der Waals surface area contributed by atoms with Crippen LogP contribution in [-0.4, -0.2) is 45.4 Å². The average molecular weight is 361 g/mol. The molecule has 25 heavy (non-hydrogen) atoms. The lowest BCUT2D eigenvalue weighted by molar-refractivity contribution is -0.153. The van der Waals surface area contributed by atoms with Crippen molar-refractivity contribution in [2.24, 2.45) is 0 Å². The molecule has 0 bridgehead atoms. The van der Waals surface area contributed by atoms with Gasteiger partial charge in [0.05, 0.1) is 12.7 Å². The lowest BCUT2D eigenvalue weighted by Crippen LogP contribution is -2.26. The summed E-state index contributed by atoms with van der Waals surface area (Å²) in [6.07, 6.45) is 10.9. The van der Waals surface area contributed by atoms with Crippen molar-refractivity contribution in [3.05, 3.63) is 0 Å². The van der Waals surface area contributed by atoms with E-state index in [0.29, 0.717) is 6.61 Å². The van der Waals surface area contributed by atoms with E-state index in [1.165, 1.54) is 6.42 Å². The van der Waals surface area contributed by atoms with Crippen LogP contribution < -0.4 is 0 Å². The first-order valence-electron chi connectivity index (χ1n) is 10.7. The molecule has 0 aromatic rings. The summed E-state index contributed by atoms with van der Waals surface area (Å²) in [5, 5.41) is 0. The summed E-state index contributed by atoms with van der Waals surface area (Å²) in [5.74, 6) is 0. The molecule has 0 aliphatic rings. The second kappa shape index (κ2) is 20.2. The Labute approximate surface area is 156 Å². The van der Waals surface area contributed by atoms with Crippen molar-refractivity contribution in [1.29, 1.82) is 0 Å². The first kappa shape index (κ1) is 24.8. The van der Waals surface area contributed by atoms with Crippen molar-refractivity contribution in [1.82, 2.24) is 0 Å². The highest BCUT2D eigenvalue weighted by Gasteiger charge is 2.15. The molecule has 0 N–H and O–H groups in total. The minimum atomic E-state index is -0.106. The highest BCUT2D eigenvalue weighted by molar-refractivity contribution is 4.60. The molecule has 0 aliphatic carbocycles. The van der Waals surface area contributed by atoms with Gasteiger partial charge < -0.3 is 18.9 Å². The maximum absolute atomic E-state index is 6.03. The van der Waals surface area contributed by atoms with Crippen molar-refractivity contribution in [2.45, 2.75) is 104 Å². The van der Waals surface area contributed by atoms with Crippen molar-refractivity contribution in [2.75, 3.05) is 33.0 Å². The number of unbranched alkanes of at least 4 members (excludes halogenated alkanes) is 4. The average Bonchev–Trinajstić information content (AvgIpc) is 2.62. The van der Waals surface area contributed by atoms with Crippen LogP contribution in [0.1, 0.15) is 91.9 Å². The molecule has 0 amide bonds. The summed E-state index contributed by atoms with van der Waals surface area (Å²) in [6.45, 7) is 12.6. The topological polar surface area (TPSA) is 36.9 Å². The standard InChI is InChI=1S/C21H44O4/c1-5-9-15-22-19-20(23-16-10-6-2)13-14-21(24-17-11-7-3)25-18-12-8-4/h20-21H,5-19H2,1-4H3. The Hall–Kier alpha value is -0.160. The van der Waals surface area contributed by atoms with Crippen LogP contribution in [-0.2, 0) is 18.9 Å². The van der Waals surface area contributed by atoms with Gasteiger partial charge in [-0.2, -0.15) is 0 Å². The number of ether oxygens (including phenoxy) is 4. The van der Waals surface area contributed by atoms with Gasteiger partial charge in [0.25, 0.3) is 0 Å². The van der Waals surface area contributed by atoms with Crippen molar-refractivity contribution < 1.29 is 18.9 Å². The van der Waals surface area contributed by atoms with Crippen LogP contribution in [0.5, 0.6) is 0 Å². The maximum Gasteiger partial charge on any atom is 0.157 e. The van der Waals surface area contributed by atoms with E-state index in [0.717, 1.165) is 84.2 Å². The second-order valence-corrected chi connectivity index (χ2v) is 6.73. The van der Waals surface area contributed by atoms with Gasteiger partial charge in [0.2, 0.25) is 0 Å². The molecule has 0 heterocycles. The third-order valence-electron chi connectivity index (χ3n) is 4.13. The normalized spacial score (nSPS) is 12.8. The van der Waals surface area contributed by atoms with E-state index in [9.17, 15) is 0 Å². The molecule has 0 saturated carbocycles. The van der Waals surface area contributed by atoms with Gasteiger partial charge in [-0.1, -0.05) is 53.4 Å². The van der Waals surface area contributed by atoms with E-state index < -0.39 is 0 Å². The van der Waals surface area contributed by atoms with Crippen molar-refractivity contribution in [3.8, 4) is 0 Å². The van der Waals surface area contributed by atoms with Gasteiger partial charge in [0.15, 0.2) is 6.29 Å². The summed E-state index contributed by atoms with van der Waals surface area (Å²) >= 11 is 0. The van der Waals surface area contributed by atoms with Crippen LogP contribution in [0.25, 0.3) is 0 Å². The van der Waals surface area contributed by atoms with E-state index in [2.05, 4.69) is 27.7 Å². The molecule has 1 unspecified atom stereocenters. The molecule has 4 heteroatoms. The monoisotopic (exact) mass is 360 g/mol. The van der Waals surface area contributed by atoms with Gasteiger partial charge in [-0.25, -0.2) is 0 Å². The molecular formula is C21H44O4. The zero-order chi connectivity index (χ0) is 18.6. The van der Waals surface area contributed by atoms with Crippen molar-refractivity contribution in [3.63, 3.8) is 0 Å². The van der Waals surface area contributed by atoms with Gasteiger partial charge in [0.1, 0.15) is 0 Å². The van der Waals surface area contributed by atoms with Crippen LogP contribution in [0.4, 0.5) is 0 Å². The van der Waals surface area contributed by atoms with Gasteiger partial charge in [0, 0.05) is 32.8 Å². The summed E-state index contributed by atoms with van der Waals surface area (Å²) in [7, 11) is 0. The van der Waals surface area contributed by atoms with E-state index in [1.54, 1.807) is 0 Å². The fourth-order valence-electron chi connectivity index (χ4n) is 2.33. The van der Waals surface area contributed by atoms with Crippen LogP contribution in [0.15, 0.2) is 0 Å². The minimum Gasteiger partial charge on any atom is -0.379 e. The molecule has 0 aromatic heterocycles. The van der Waals surface area contributed by atoms with Gasteiger partial charge in [-0.05, 0) is 32.1 Å². The quantitative estimate of drug-likeness (QED) is 0.205. The third-order valence-corrected chi connectivity index (χ3v) is 4.13.